The Morgan fingerprint density at radius 2 is 1.00 bits per heavy atom. The van der Waals surface area contributed by atoms with Crippen LogP contribution in [0.4, 0.5) is 0 Å². The van der Waals surface area contributed by atoms with Crippen molar-refractivity contribution in [3.63, 3.8) is 0 Å². The average Bonchev–Trinajstić information content (AvgIpc) is 2.47. The minimum Gasteiger partial charge on any atom is -0.330 e. The van der Waals surface area contributed by atoms with E-state index in [1.165, 1.54) is 32.1 Å². The first-order chi connectivity index (χ1) is 9.91. The van der Waals surface area contributed by atoms with Gasteiger partial charge in [-0.15, -0.1) is 0 Å². The number of hydrogen-bond acceptors (Lipinski definition) is 5. The normalized spacial score (nSPS) is 11.1. The highest BCUT2D eigenvalue weighted by atomic mass is 14.9. The van der Waals surface area contributed by atoms with E-state index in [0.717, 1.165) is 58.8 Å². The molecule has 0 bridgehead atoms. The van der Waals surface area contributed by atoms with Crippen LogP contribution in [-0.4, -0.2) is 59.4 Å². The van der Waals surface area contributed by atoms with Gasteiger partial charge in [0.1, 0.15) is 0 Å². The van der Waals surface area contributed by atoms with E-state index in [-0.39, 0.29) is 0 Å². The summed E-state index contributed by atoms with van der Waals surface area (Å²) in [5.74, 6) is 0. The lowest BCUT2D eigenvalue weighted by atomic mass is 10.2. The van der Waals surface area contributed by atoms with Gasteiger partial charge >= 0.3 is 0 Å². The van der Waals surface area contributed by atoms with E-state index < -0.39 is 0 Å². The summed E-state index contributed by atoms with van der Waals surface area (Å²) in [6.07, 6.45) is 7.41. The van der Waals surface area contributed by atoms with Crippen molar-refractivity contribution >= 4 is 0 Å². The summed E-state index contributed by atoms with van der Waals surface area (Å²) in [5, 5.41) is 13.5. The second kappa shape index (κ2) is 18.8. The Labute approximate surface area is 125 Å². The first-order valence-corrected chi connectivity index (χ1v) is 8.38. The molecule has 0 amide bonds. The van der Waals surface area contributed by atoms with Crippen LogP contribution < -0.4 is 27.0 Å². The molecule has 6 N–H and O–H groups in total. The Kier molecular flexibility index (Phi) is 18.6. The van der Waals surface area contributed by atoms with E-state index >= 15 is 0 Å². The summed E-state index contributed by atoms with van der Waals surface area (Å²) in [5.41, 5.74) is 5.43. The van der Waals surface area contributed by atoms with Gasteiger partial charge in [0.25, 0.3) is 0 Å². The largest absolute Gasteiger partial charge is 0.330 e. The van der Waals surface area contributed by atoms with Crippen LogP contribution in [0.15, 0.2) is 0 Å². The number of nitrogens with two attached hydrogens (primary N) is 1. The zero-order valence-electron chi connectivity index (χ0n) is 13.5. The van der Waals surface area contributed by atoms with Gasteiger partial charge in [0, 0.05) is 0 Å². The Bertz CT molecular complexity index is 148. The summed E-state index contributed by atoms with van der Waals surface area (Å²) in [4.78, 5) is 0. The summed E-state index contributed by atoms with van der Waals surface area (Å²) in [7, 11) is 2.00. The number of hydrogen-bond donors (Lipinski definition) is 5. The average molecular weight is 287 g/mol. The molecule has 0 aliphatic heterocycles. The number of rotatable bonds is 17. The molecule has 0 aromatic heterocycles. The van der Waals surface area contributed by atoms with Gasteiger partial charge < -0.3 is 27.0 Å². The van der Waals surface area contributed by atoms with E-state index in [0.29, 0.717) is 0 Å². The SMILES string of the molecule is CNCCCNCCCCCNCCCNCCCN. The molecule has 0 radical (unpaired) electrons. The van der Waals surface area contributed by atoms with Crippen LogP contribution in [0.3, 0.4) is 0 Å². The highest BCUT2D eigenvalue weighted by Gasteiger charge is 1.92. The van der Waals surface area contributed by atoms with Gasteiger partial charge in [0.2, 0.25) is 0 Å². The van der Waals surface area contributed by atoms with Crippen molar-refractivity contribution in [1.82, 2.24) is 21.3 Å². The topological polar surface area (TPSA) is 74.1 Å². The van der Waals surface area contributed by atoms with Crippen LogP contribution in [0.25, 0.3) is 0 Å². The predicted molar refractivity (Wildman–Crippen MR) is 89.3 cm³/mol. The summed E-state index contributed by atoms with van der Waals surface area (Å²) < 4.78 is 0. The van der Waals surface area contributed by atoms with Crippen molar-refractivity contribution in [2.24, 2.45) is 5.73 Å². The van der Waals surface area contributed by atoms with Crippen molar-refractivity contribution in [3.8, 4) is 0 Å². The van der Waals surface area contributed by atoms with Crippen LogP contribution in [0.1, 0.15) is 38.5 Å². The van der Waals surface area contributed by atoms with Crippen molar-refractivity contribution < 1.29 is 0 Å². The van der Waals surface area contributed by atoms with Gasteiger partial charge in [0.05, 0.1) is 0 Å². The van der Waals surface area contributed by atoms with E-state index in [2.05, 4.69) is 21.3 Å². The van der Waals surface area contributed by atoms with Crippen LogP contribution >= 0.6 is 0 Å². The molecule has 0 aliphatic rings. The van der Waals surface area contributed by atoms with Crippen LogP contribution in [0.2, 0.25) is 0 Å². The third-order valence-corrected chi connectivity index (χ3v) is 3.25. The molecule has 0 rings (SSSR count). The van der Waals surface area contributed by atoms with Crippen molar-refractivity contribution in [3.05, 3.63) is 0 Å². The zero-order chi connectivity index (χ0) is 14.7. The molecule has 122 valence electrons. The molecular weight excluding hydrogens is 250 g/mol. The van der Waals surface area contributed by atoms with E-state index in [1.54, 1.807) is 0 Å². The Morgan fingerprint density at radius 3 is 1.50 bits per heavy atom. The lowest BCUT2D eigenvalue weighted by molar-refractivity contribution is 0.546. The smallest absolute Gasteiger partial charge is 0.00368 e. The molecular formula is C15H37N5. The van der Waals surface area contributed by atoms with Crippen molar-refractivity contribution in [2.45, 2.75) is 38.5 Å². The third kappa shape index (κ3) is 17.8. The number of nitrogens with one attached hydrogen (secondary N) is 4. The van der Waals surface area contributed by atoms with Gasteiger partial charge in [-0.3, -0.25) is 0 Å². The molecule has 0 saturated heterocycles. The fourth-order valence-electron chi connectivity index (χ4n) is 2.01. The lowest BCUT2D eigenvalue weighted by Gasteiger charge is -2.07. The lowest BCUT2D eigenvalue weighted by Crippen LogP contribution is -2.24. The summed E-state index contributed by atoms with van der Waals surface area (Å²) >= 11 is 0. The molecule has 5 nitrogen and oxygen atoms in total. The van der Waals surface area contributed by atoms with E-state index in [4.69, 9.17) is 5.73 Å². The van der Waals surface area contributed by atoms with Gasteiger partial charge in [-0.2, -0.15) is 0 Å². The minimum atomic E-state index is 0.787. The first kappa shape index (κ1) is 19.8. The summed E-state index contributed by atoms with van der Waals surface area (Å²) in [6, 6.07) is 0. The van der Waals surface area contributed by atoms with Gasteiger partial charge in [-0.25, -0.2) is 0 Å². The Balaban J connectivity index is 2.89. The van der Waals surface area contributed by atoms with Crippen LogP contribution in [0.5, 0.6) is 0 Å². The maximum atomic E-state index is 5.43. The minimum absolute atomic E-state index is 0.787. The van der Waals surface area contributed by atoms with Crippen molar-refractivity contribution in [1.29, 1.82) is 0 Å². The highest BCUT2D eigenvalue weighted by Crippen LogP contribution is 1.92. The zero-order valence-corrected chi connectivity index (χ0v) is 13.5. The molecule has 20 heavy (non-hydrogen) atoms. The predicted octanol–water partition coefficient (Wildman–Crippen LogP) is 0.274. The molecule has 0 saturated carbocycles. The van der Waals surface area contributed by atoms with E-state index in [9.17, 15) is 0 Å². The maximum absolute atomic E-state index is 5.43. The quantitative estimate of drug-likeness (QED) is 0.248. The molecule has 0 spiro atoms. The second-order valence-corrected chi connectivity index (χ2v) is 5.26. The standard InChI is InChI=1S/C15H37N5/c1-17-9-6-13-18-10-3-2-4-11-19-14-7-15-20-12-5-8-16/h17-20H,2-16H2,1H3. The van der Waals surface area contributed by atoms with Crippen LogP contribution in [-0.2, 0) is 0 Å². The van der Waals surface area contributed by atoms with Gasteiger partial charge in [0.15, 0.2) is 0 Å². The van der Waals surface area contributed by atoms with Gasteiger partial charge in [-0.1, -0.05) is 6.42 Å². The molecule has 5 heteroatoms. The van der Waals surface area contributed by atoms with Gasteiger partial charge in [-0.05, 0) is 91.5 Å². The van der Waals surface area contributed by atoms with Crippen LogP contribution in [0, 0.1) is 0 Å². The summed E-state index contributed by atoms with van der Waals surface area (Å²) in [6.45, 7) is 8.63. The molecule has 0 fully saturated rings. The third-order valence-electron chi connectivity index (χ3n) is 3.25. The highest BCUT2D eigenvalue weighted by molar-refractivity contribution is 4.55. The molecule has 0 aromatic carbocycles. The Morgan fingerprint density at radius 1 is 0.550 bits per heavy atom. The first-order valence-electron chi connectivity index (χ1n) is 8.38. The number of unbranched alkanes of at least 4 members (excludes halogenated alkanes) is 2. The van der Waals surface area contributed by atoms with E-state index in [1.807, 2.05) is 7.05 Å². The molecule has 0 unspecified atom stereocenters. The molecule has 0 heterocycles. The molecule has 0 aromatic rings. The molecule has 0 atom stereocenters. The monoisotopic (exact) mass is 287 g/mol. The maximum Gasteiger partial charge on any atom is -0.00368 e. The Hall–Kier alpha value is -0.200. The fourth-order valence-corrected chi connectivity index (χ4v) is 2.01. The molecule has 0 aliphatic carbocycles. The second-order valence-electron chi connectivity index (χ2n) is 5.26. The van der Waals surface area contributed by atoms with Crippen molar-refractivity contribution in [2.75, 3.05) is 59.4 Å². The fraction of sp³-hybridized carbons (Fsp3) is 1.00.